The molecule has 4 aromatic rings. The first kappa shape index (κ1) is 20.1. The quantitative estimate of drug-likeness (QED) is 0.209. The number of nitrogens with zero attached hydrogens (tertiary/aromatic N) is 10. The average molecular weight is 409 g/mol. The monoisotopic (exact) mass is 409 g/mol. The molecule has 21 heteroatoms. The number of carboxylic acid groups (broad SMARTS) is 2. The normalized spacial score (nSPS) is 9.52. The highest BCUT2D eigenvalue weighted by Gasteiger charge is 2.11. The molecule has 0 aromatic carbocycles. The predicted octanol–water partition coefficient (Wildman–Crippen LogP) is -7.99. The fourth-order valence-corrected chi connectivity index (χ4v) is 1.32. The zero-order chi connectivity index (χ0) is 21.2. The van der Waals surface area contributed by atoms with E-state index in [9.17, 15) is 19.8 Å². The minimum atomic E-state index is -1.68. The van der Waals surface area contributed by atoms with Crippen LogP contribution in [0.3, 0.4) is 0 Å². The molecular formula is C8H11N17O4. The van der Waals surface area contributed by atoms with Gasteiger partial charge in [0.05, 0.1) is 10.2 Å². The molecule has 0 saturated heterocycles. The van der Waals surface area contributed by atoms with E-state index < -0.39 is 23.6 Å². The van der Waals surface area contributed by atoms with E-state index in [1.807, 2.05) is 0 Å². The van der Waals surface area contributed by atoms with Crippen molar-refractivity contribution in [3.05, 3.63) is 24.0 Å². The Kier molecular flexibility index (Phi) is 6.55. The summed E-state index contributed by atoms with van der Waals surface area (Å²) in [6.45, 7) is 0. The Hall–Kier alpha value is -5.24. The van der Waals surface area contributed by atoms with Crippen molar-refractivity contribution in [1.29, 1.82) is 0 Å². The average Bonchev–Trinajstić information content (AvgIpc) is 3.44. The summed E-state index contributed by atoms with van der Waals surface area (Å²) in [4.78, 5) is 22.1. The van der Waals surface area contributed by atoms with Crippen molar-refractivity contribution in [2.45, 2.75) is 0 Å². The van der Waals surface area contributed by atoms with Crippen molar-refractivity contribution >= 4 is 23.6 Å². The molecule has 152 valence electrons. The second-order valence-corrected chi connectivity index (χ2v) is 4.38. The van der Waals surface area contributed by atoms with Gasteiger partial charge in [-0.2, -0.15) is 15.7 Å². The van der Waals surface area contributed by atoms with Gasteiger partial charge in [0.15, 0.2) is 12.4 Å². The highest BCUT2D eigenvalue weighted by atomic mass is 16.4. The van der Waals surface area contributed by atoms with Crippen LogP contribution in [0.5, 0.6) is 0 Å². The van der Waals surface area contributed by atoms with Crippen LogP contribution in [-0.2, 0) is 0 Å². The smallest absolute Gasteiger partial charge is 0.304 e. The maximum atomic E-state index is 10.5. The topological polar surface area (TPSA) is 317 Å². The molecule has 21 nitrogen and oxygen atoms in total. The summed E-state index contributed by atoms with van der Waals surface area (Å²) in [5.74, 6) is -3.77. The SMILES string of the molecule is Nc1c[nH+][nH]n1.Nc1c[nH+][nH]n1.O=C([O-])c1nnnn1Nn1nnnc1C(=O)[O-]. The molecule has 0 fully saturated rings. The third kappa shape index (κ3) is 5.90. The Morgan fingerprint density at radius 3 is 1.55 bits per heavy atom. The van der Waals surface area contributed by atoms with Crippen molar-refractivity contribution < 1.29 is 30.0 Å². The molecule has 29 heavy (non-hydrogen) atoms. The summed E-state index contributed by atoms with van der Waals surface area (Å²) in [6, 6.07) is 0. The van der Waals surface area contributed by atoms with Gasteiger partial charge in [0, 0.05) is 0 Å². The van der Waals surface area contributed by atoms with Crippen molar-refractivity contribution in [2.24, 2.45) is 0 Å². The Labute approximate surface area is 157 Å². The highest BCUT2D eigenvalue weighted by Crippen LogP contribution is 1.90. The lowest BCUT2D eigenvalue weighted by atomic mass is 10.6. The second-order valence-electron chi connectivity index (χ2n) is 4.38. The van der Waals surface area contributed by atoms with Gasteiger partial charge in [-0.15, -0.1) is 19.8 Å². The number of nitrogens with two attached hydrogens (primary N) is 2. The molecule has 0 radical (unpaired) electrons. The molecule has 4 rings (SSSR count). The van der Waals surface area contributed by atoms with Crippen molar-refractivity contribution in [2.75, 3.05) is 17.0 Å². The van der Waals surface area contributed by atoms with Crippen LogP contribution in [0.25, 0.3) is 0 Å². The summed E-state index contributed by atoms with van der Waals surface area (Å²) >= 11 is 0. The van der Waals surface area contributed by atoms with Crippen molar-refractivity contribution in [3.63, 3.8) is 0 Å². The van der Waals surface area contributed by atoms with Crippen molar-refractivity contribution in [1.82, 2.24) is 61.3 Å². The van der Waals surface area contributed by atoms with E-state index in [1.54, 1.807) is 12.4 Å². The van der Waals surface area contributed by atoms with Gasteiger partial charge >= 0.3 is 11.6 Å². The first-order valence-corrected chi connectivity index (χ1v) is 6.98. The van der Waals surface area contributed by atoms with E-state index in [0.717, 1.165) is 0 Å². The van der Waals surface area contributed by atoms with Gasteiger partial charge in [-0.05, 0) is 20.9 Å². The zero-order valence-electron chi connectivity index (χ0n) is 13.9. The fraction of sp³-hybridized carbons (Fsp3) is 0. The van der Waals surface area contributed by atoms with Crippen LogP contribution in [0, 0.1) is 0 Å². The fourth-order valence-electron chi connectivity index (χ4n) is 1.32. The maximum Gasteiger partial charge on any atom is 0.304 e. The van der Waals surface area contributed by atoms with E-state index >= 15 is 0 Å². The highest BCUT2D eigenvalue weighted by molar-refractivity contribution is 5.81. The maximum absolute atomic E-state index is 10.5. The number of rotatable bonds is 4. The number of hydrogen-bond donors (Lipinski definition) is 5. The molecule has 4 aromatic heterocycles. The van der Waals surface area contributed by atoms with Crippen LogP contribution in [-0.4, -0.2) is 73.2 Å². The molecule has 0 atom stereocenters. The first-order valence-electron chi connectivity index (χ1n) is 6.98. The van der Waals surface area contributed by atoms with E-state index in [1.165, 1.54) is 0 Å². The third-order valence-electron chi connectivity index (χ3n) is 2.43. The number of carboxylic acids is 2. The number of hydrogen-bond acceptors (Lipinski definition) is 15. The van der Waals surface area contributed by atoms with Crippen LogP contribution in [0.15, 0.2) is 12.4 Å². The standard InChI is InChI=1S/C4H3N9O4.2C2H4N4/c14-3(15)1-5-7-9-12(1)11-13-2(4(16)17)6-8-10-13;2*3-2-1-4-6-5-2/h11H,(H,14,15)(H,16,17);2*1H,(H3,3,4,5,6). The van der Waals surface area contributed by atoms with Gasteiger partial charge in [-0.25, -0.2) is 0 Å². The van der Waals surface area contributed by atoms with Crippen LogP contribution >= 0.6 is 0 Å². The molecule has 4 heterocycles. The number of anilines is 2. The van der Waals surface area contributed by atoms with E-state index in [-0.39, 0.29) is 0 Å². The van der Waals surface area contributed by atoms with Gasteiger partial charge in [0.25, 0.3) is 0 Å². The number of carbonyl (C=O) groups is 2. The molecule has 0 aliphatic heterocycles. The number of nitrogen functional groups attached to an aromatic ring is 2. The first-order chi connectivity index (χ1) is 13.9. The molecule has 0 unspecified atom stereocenters. The molecule has 0 amide bonds. The number of nitrogens with one attached hydrogen (secondary N) is 5. The lowest BCUT2D eigenvalue weighted by molar-refractivity contribution is -0.455. The summed E-state index contributed by atoms with van der Waals surface area (Å²) in [5.41, 5.74) is 12.3. The number of tetrazole rings is 2. The van der Waals surface area contributed by atoms with Crippen LogP contribution < -0.4 is 37.4 Å². The Balaban J connectivity index is 0.000000202. The minimum absolute atomic E-state index is 0.481. The van der Waals surface area contributed by atoms with Gasteiger partial charge in [0.2, 0.25) is 11.6 Å². The van der Waals surface area contributed by atoms with Gasteiger partial charge in [0.1, 0.15) is 11.9 Å². The van der Waals surface area contributed by atoms with Gasteiger partial charge in [-0.3, -0.25) is 0 Å². The van der Waals surface area contributed by atoms with Crippen LogP contribution in [0.1, 0.15) is 21.2 Å². The molecule has 0 spiro atoms. The zero-order valence-corrected chi connectivity index (χ0v) is 13.9. The molecular weight excluding hydrogens is 398 g/mol. The molecule has 0 aliphatic carbocycles. The summed E-state index contributed by atoms with van der Waals surface area (Å²) < 4.78 is 0. The van der Waals surface area contributed by atoms with Gasteiger partial charge < -0.3 is 31.3 Å². The number of carbonyl (C=O) groups excluding carboxylic acids is 2. The Bertz CT molecular complexity index is 935. The summed E-state index contributed by atoms with van der Waals surface area (Å²) in [5, 5.41) is 56.8. The number of aromatic carboxylic acids is 2. The predicted molar refractivity (Wildman–Crippen MR) is 78.2 cm³/mol. The lowest BCUT2D eigenvalue weighted by Crippen LogP contribution is -2.36. The minimum Gasteiger partial charge on any atom is -0.541 e. The summed E-state index contributed by atoms with van der Waals surface area (Å²) in [7, 11) is 0. The second kappa shape index (κ2) is 9.46. The van der Waals surface area contributed by atoms with E-state index in [0.29, 0.717) is 21.2 Å². The van der Waals surface area contributed by atoms with E-state index in [4.69, 9.17) is 11.5 Å². The van der Waals surface area contributed by atoms with E-state index in [2.05, 4.69) is 67.4 Å². The molecule has 0 aliphatic rings. The van der Waals surface area contributed by atoms with Crippen molar-refractivity contribution in [3.8, 4) is 0 Å². The Morgan fingerprint density at radius 2 is 1.31 bits per heavy atom. The molecule has 0 saturated carbocycles. The van der Waals surface area contributed by atoms with Gasteiger partial charge in [-0.1, -0.05) is 10.4 Å². The molecule has 9 N–H and O–H groups in total. The largest absolute Gasteiger partial charge is 0.541 e. The number of aromatic nitrogens is 14. The third-order valence-corrected chi connectivity index (χ3v) is 2.43. The Morgan fingerprint density at radius 1 is 0.897 bits per heavy atom. The van der Waals surface area contributed by atoms with Crippen LogP contribution in [0.4, 0.5) is 11.6 Å². The number of H-pyrrole nitrogens is 4. The molecule has 0 bridgehead atoms. The number of aromatic amines is 4. The lowest BCUT2D eigenvalue weighted by Gasteiger charge is -2.08. The summed E-state index contributed by atoms with van der Waals surface area (Å²) in [6.07, 6.45) is 3.14. The van der Waals surface area contributed by atoms with Crippen LogP contribution in [0.2, 0.25) is 0 Å².